The fourth-order valence-corrected chi connectivity index (χ4v) is 4.04. The molecule has 1 unspecified atom stereocenters. The van der Waals surface area contributed by atoms with E-state index in [1.54, 1.807) is 12.1 Å². The van der Waals surface area contributed by atoms with E-state index in [-0.39, 0.29) is 18.4 Å². The van der Waals surface area contributed by atoms with Gasteiger partial charge in [-0.1, -0.05) is 48.0 Å². The minimum Gasteiger partial charge on any atom is -0.491 e. The van der Waals surface area contributed by atoms with E-state index in [0.29, 0.717) is 18.2 Å². The first kappa shape index (κ1) is 22.9. The monoisotopic (exact) mass is 461 g/mol. The van der Waals surface area contributed by atoms with Crippen molar-refractivity contribution in [3.63, 3.8) is 0 Å². The molecule has 3 aromatic carbocycles. The first-order valence-corrected chi connectivity index (χ1v) is 11.5. The molecule has 4 aromatic rings. The van der Waals surface area contributed by atoms with Crippen LogP contribution in [0, 0.1) is 13.8 Å². The molecule has 0 aliphatic heterocycles. The highest BCUT2D eigenvalue weighted by molar-refractivity contribution is 6.30. The molecule has 0 saturated carbocycles. The van der Waals surface area contributed by atoms with Crippen LogP contribution in [0.5, 0.6) is 5.75 Å². The van der Waals surface area contributed by atoms with E-state index < -0.39 is 0 Å². The Labute approximate surface area is 199 Å². The van der Waals surface area contributed by atoms with Crippen molar-refractivity contribution >= 4 is 28.5 Å². The number of fused-ring (bicyclic) bond motifs is 1. The summed E-state index contributed by atoms with van der Waals surface area (Å²) in [5, 5.41) is 3.75. The molecule has 0 saturated heterocycles. The Morgan fingerprint density at radius 1 is 1.09 bits per heavy atom. The largest absolute Gasteiger partial charge is 0.491 e. The van der Waals surface area contributed by atoms with E-state index in [0.717, 1.165) is 33.7 Å². The molecule has 0 radical (unpaired) electrons. The Bertz CT molecular complexity index is 1260. The molecule has 0 fully saturated rings. The number of benzene rings is 3. The number of ether oxygens (including phenoxy) is 1. The van der Waals surface area contributed by atoms with Crippen molar-refractivity contribution in [2.75, 3.05) is 6.61 Å². The smallest absolute Gasteiger partial charge is 0.224 e. The maximum Gasteiger partial charge on any atom is 0.224 e. The van der Waals surface area contributed by atoms with Crippen LogP contribution in [0.3, 0.4) is 0 Å². The minimum absolute atomic E-state index is 0.0601. The number of hydrogen-bond acceptors (Lipinski definition) is 3. The van der Waals surface area contributed by atoms with Crippen molar-refractivity contribution in [1.29, 1.82) is 0 Å². The number of imidazole rings is 1. The summed E-state index contributed by atoms with van der Waals surface area (Å²) in [4.78, 5) is 17.5. The summed E-state index contributed by atoms with van der Waals surface area (Å²) in [6.07, 6.45) is 0.289. The predicted octanol–water partition coefficient (Wildman–Crippen LogP) is 5.81. The third-order valence-corrected chi connectivity index (χ3v) is 5.89. The lowest BCUT2D eigenvalue weighted by molar-refractivity contribution is -0.121. The van der Waals surface area contributed by atoms with Crippen molar-refractivity contribution in [3.05, 3.63) is 94.3 Å². The third kappa shape index (κ3) is 5.55. The quantitative estimate of drug-likeness (QED) is 0.360. The molecular weight excluding hydrogens is 434 g/mol. The molecule has 1 aromatic heterocycles. The van der Waals surface area contributed by atoms with Crippen LogP contribution >= 0.6 is 11.6 Å². The second kappa shape index (κ2) is 10.1. The zero-order valence-electron chi connectivity index (χ0n) is 19.1. The Morgan fingerprint density at radius 2 is 1.85 bits per heavy atom. The van der Waals surface area contributed by atoms with Gasteiger partial charge >= 0.3 is 0 Å². The Kier molecular flexibility index (Phi) is 6.99. The Balaban J connectivity index is 1.49. The molecule has 0 spiro atoms. The first-order valence-electron chi connectivity index (χ1n) is 11.1. The number of aromatic nitrogens is 2. The number of halogens is 1. The molecule has 1 N–H and O–H groups in total. The highest BCUT2D eigenvalue weighted by atomic mass is 35.5. The van der Waals surface area contributed by atoms with Gasteiger partial charge in [-0.05, 0) is 67.8 Å². The van der Waals surface area contributed by atoms with E-state index in [1.807, 2.05) is 50.2 Å². The Morgan fingerprint density at radius 3 is 2.64 bits per heavy atom. The standard InChI is InChI=1S/C27H28ClN3O2/c1-18-8-9-19(2)25(16-18)33-15-14-31-24-7-5-4-6-23(24)30-27(31)20(3)29-26(32)17-21-10-12-22(28)13-11-21/h4-13,16,20H,14-15,17H2,1-3H3,(H,29,32). The van der Waals surface area contributed by atoms with Crippen LogP contribution < -0.4 is 10.1 Å². The van der Waals surface area contributed by atoms with Gasteiger partial charge in [0.2, 0.25) is 5.91 Å². The Hall–Kier alpha value is -3.31. The lowest BCUT2D eigenvalue weighted by Crippen LogP contribution is -2.30. The third-order valence-electron chi connectivity index (χ3n) is 5.64. The van der Waals surface area contributed by atoms with E-state index in [2.05, 4.69) is 35.0 Å². The second-order valence-corrected chi connectivity index (χ2v) is 8.76. The molecule has 6 heteroatoms. The molecule has 0 bridgehead atoms. The molecule has 0 aliphatic rings. The summed E-state index contributed by atoms with van der Waals surface area (Å²) in [5.41, 5.74) is 5.12. The van der Waals surface area contributed by atoms with Gasteiger partial charge in [0.05, 0.1) is 30.0 Å². The molecule has 1 heterocycles. The van der Waals surface area contributed by atoms with Crippen LogP contribution in [-0.4, -0.2) is 22.1 Å². The number of rotatable bonds is 8. The summed E-state index contributed by atoms with van der Waals surface area (Å²) in [7, 11) is 0. The summed E-state index contributed by atoms with van der Waals surface area (Å²) >= 11 is 5.94. The van der Waals surface area contributed by atoms with Crippen LogP contribution in [0.25, 0.3) is 11.0 Å². The topological polar surface area (TPSA) is 56.1 Å². The average molecular weight is 462 g/mol. The summed E-state index contributed by atoms with van der Waals surface area (Å²) < 4.78 is 8.23. The van der Waals surface area contributed by atoms with Crippen LogP contribution in [0.4, 0.5) is 0 Å². The number of nitrogens with one attached hydrogen (secondary N) is 1. The molecule has 170 valence electrons. The first-order chi connectivity index (χ1) is 15.9. The van der Waals surface area contributed by atoms with E-state index in [4.69, 9.17) is 21.3 Å². The summed E-state index contributed by atoms with van der Waals surface area (Å²) in [5.74, 6) is 1.64. The maximum atomic E-state index is 12.7. The second-order valence-electron chi connectivity index (χ2n) is 8.32. The van der Waals surface area contributed by atoms with E-state index in [9.17, 15) is 4.79 Å². The van der Waals surface area contributed by atoms with Crippen molar-refractivity contribution in [3.8, 4) is 5.75 Å². The fourth-order valence-electron chi connectivity index (χ4n) is 3.91. The number of carbonyl (C=O) groups excluding carboxylic acids is 1. The summed E-state index contributed by atoms with van der Waals surface area (Å²) in [6, 6.07) is 21.3. The van der Waals surface area contributed by atoms with E-state index >= 15 is 0 Å². The van der Waals surface area contributed by atoms with Crippen molar-refractivity contribution in [2.24, 2.45) is 0 Å². The SMILES string of the molecule is Cc1ccc(C)c(OCCn2c(C(C)NC(=O)Cc3ccc(Cl)cc3)nc3ccccc32)c1. The molecule has 5 nitrogen and oxygen atoms in total. The lowest BCUT2D eigenvalue weighted by atomic mass is 10.1. The molecule has 1 amide bonds. The minimum atomic E-state index is -0.252. The number of aryl methyl sites for hydroxylation is 2. The van der Waals surface area contributed by atoms with Gasteiger partial charge < -0.3 is 14.6 Å². The number of amides is 1. The zero-order valence-corrected chi connectivity index (χ0v) is 19.9. The van der Waals surface area contributed by atoms with Crippen molar-refractivity contribution < 1.29 is 9.53 Å². The molecule has 4 rings (SSSR count). The van der Waals surface area contributed by atoms with Gasteiger partial charge in [-0.2, -0.15) is 0 Å². The lowest BCUT2D eigenvalue weighted by Gasteiger charge is -2.17. The molecule has 33 heavy (non-hydrogen) atoms. The fraction of sp³-hybridized carbons (Fsp3) is 0.259. The average Bonchev–Trinajstić information content (AvgIpc) is 3.16. The summed E-state index contributed by atoms with van der Waals surface area (Å²) in [6.45, 7) is 7.19. The van der Waals surface area contributed by atoms with Gasteiger partial charge in [0.25, 0.3) is 0 Å². The molecular formula is C27H28ClN3O2. The van der Waals surface area contributed by atoms with Crippen LogP contribution in [0.1, 0.15) is 35.5 Å². The molecule has 1 atom stereocenters. The van der Waals surface area contributed by atoms with Crippen LogP contribution in [0.2, 0.25) is 5.02 Å². The zero-order chi connectivity index (χ0) is 23.4. The van der Waals surface area contributed by atoms with Gasteiger partial charge in [-0.25, -0.2) is 4.98 Å². The predicted molar refractivity (Wildman–Crippen MR) is 133 cm³/mol. The number of nitrogens with zero attached hydrogens (tertiary/aromatic N) is 2. The van der Waals surface area contributed by atoms with Gasteiger partial charge in [0.1, 0.15) is 18.2 Å². The van der Waals surface area contributed by atoms with Gasteiger partial charge in [-0.15, -0.1) is 0 Å². The highest BCUT2D eigenvalue weighted by Crippen LogP contribution is 2.23. The number of para-hydroxylation sites is 2. The van der Waals surface area contributed by atoms with E-state index in [1.165, 1.54) is 5.56 Å². The number of carbonyl (C=O) groups is 1. The highest BCUT2D eigenvalue weighted by Gasteiger charge is 2.18. The van der Waals surface area contributed by atoms with Crippen LogP contribution in [-0.2, 0) is 17.8 Å². The van der Waals surface area contributed by atoms with Crippen molar-refractivity contribution in [1.82, 2.24) is 14.9 Å². The van der Waals surface area contributed by atoms with Crippen molar-refractivity contribution in [2.45, 2.75) is 39.8 Å². The van der Waals surface area contributed by atoms with Gasteiger partial charge in [-0.3, -0.25) is 4.79 Å². The molecule has 0 aliphatic carbocycles. The van der Waals surface area contributed by atoms with Crippen LogP contribution in [0.15, 0.2) is 66.7 Å². The maximum absolute atomic E-state index is 12.7. The van der Waals surface area contributed by atoms with Gasteiger partial charge in [0, 0.05) is 5.02 Å². The normalized spacial score (nSPS) is 12.0. The van der Waals surface area contributed by atoms with Gasteiger partial charge in [0.15, 0.2) is 0 Å². The number of hydrogen-bond donors (Lipinski definition) is 1.